The van der Waals surface area contributed by atoms with Crippen molar-refractivity contribution in [3.05, 3.63) is 55.2 Å². The van der Waals surface area contributed by atoms with Gasteiger partial charge in [0.25, 0.3) is 5.69 Å². The number of nitro groups is 1. The van der Waals surface area contributed by atoms with E-state index >= 15 is 0 Å². The molecule has 0 amide bonds. The van der Waals surface area contributed by atoms with Crippen LogP contribution in [0.4, 0.5) is 11.4 Å². The highest BCUT2D eigenvalue weighted by Gasteiger charge is 2.34. The molecule has 104 valence electrons. The maximum Gasteiger partial charge on any atom is 0.293 e. The molecule has 1 atom stereocenters. The first-order valence-electron chi connectivity index (χ1n) is 6.39. The smallest absolute Gasteiger partial charge is 0.293 e. The third kappa shape index (κ3) is 2.86. The summed E-state index contributed by atoms with van der Waals surface area (Å²) in [6.07, 6.45) is 2.36. The van der Waals surface area contributed by atoms with Crippen molar-refractivity contribution in [2.45, 2.75) is 18.9 Å². The fourth-order valence-electron chi connectivity index (χ4n) is 2.26. The Bertz CT molecular complexity index is 626. The van der Waals surface area contributed by atoms with Crippen molar-refractivity contribution in [2.75, 3.05) is 5.32 Å². The topological polar surface area (TPSA) is 55.2 Å². The van der Waals surface area contributed by atoms with E-state index in [0.717, 1.165) is 0 Å². The van der Waals surface area contributed by atoms with Crippen LogP contribution in [-0.2, 0) is 0 Å². The lowest BCUT2D eigenvalue weighted by atomic mass is 10.1. The van der Waals surface area contributed by atoms with Gasteiger partial charge in [0.05, 0.1) is 11.0 Å². The monoisotopic (exact) mass is 352 g/mol. The summed E-state index contributed by atoms with van der Waals surface area (Å²) in [6, 6.07) is 9.42. The Kier molecular flexibility index (Phi) is 3.76. The van der Waals surface area contributed by atoms with Gasteiger partial charge in [0, 0.05) is 15.4 Å². The Balaban J connectivity index is 1.91. The van der Waals surface area contributed by atoms with E-state index in [0.29, 0.717) is 16.1 Å². The summed E-state index contributed by atoms with van der Waals surface area (Å²) in [5.74, 6) is 0.580. The number of benzene rings is 1. The van der Waals surface area contributed by atoms with Crippen LogP contribution >= 0.6 is 27.3 Å². The van der Waals surface area contributed by atoms with Crippen LogP contribution in [0.25, 0.3) is 0 Å². The van der Waals surface area contributed by atoms with Gasteiger partial charge in [-0.25, -0.2) is 0 Å². The Morgan fingerprint density at radius 2 is 2.20 bits per heavy atom. The van der Waals surface area contributed by atoms with E-state index in [-0.39, 0.29) is 16.7 Å². The van der Waals surface area contributed by atoms with E-state index in [4.69, 9.17) is 0 Å². The molecule has 0 bridgehead atoms. The molecule has 1 heterocycles. The number of anilines is 1. The molecular weight excluding hydrogens is 340 g/mol. The van der Waals surface area contributed by atoms with E-state index in [1.165, 1.54) is 17.7 Å². The molecule has 0 spiro atoms. The first-order valence-corrected chi connectivity index (χ1v) is 8.06. The molecule has 20 heavy (non-hydrogen) atoms. The molecule has 0 aliphatic heterocycles. The average Bonchev–Trinajstić information content (AvgIpc) is 3.11. The number of thiophene rings is 1. The molecule has 0 radical (unpaired) electrons. The molecular formula is C14H13BrN2O2S. The molecule has 4 nitrogen and oxygen atoms in total. The van der Waals surface area contributed by atoms with E-state index in [1.807, 2.05) is 17.5 Å². The molecule has 1 fully saturated rings. The SMILES string of the molecule is O=[N+]([O-])c1cc(Br)ccc1NC(c1cccs1)C1CC1. The minimum atomic E-state index is -0.342. The maximum absolute atomic E-state index is 11.2. The first kappa shape index (κ1) is 13.6. The number of hydrogen-bond acceptors (Lipinski definition) is 4. The van der Waals surface area contributed by atoms with E-state index in [1.54, 1.807) is 23.5 Å². The molecule has 0 saturated heterocycles. The van der Waals surface area contributed by atoms with Crippen LogP contribution in [0.15, 0.2) is 40.2 Å². The molecule has 1 aliphatic rings. The second-order valence-electron chi connectivity index (χ2n) is 4.89. The zero-order valence-corrected chi connectivity index (χ0v) is 13.0. The summed E-state index contributed by atoms with van der Waals surface area (Å²) in [4.78, 5) is 12.1. The van der Waals surface area contributed by atoms with Crippen molar-refractivity contribution in [3.8, 4) is 0 Å². The number of nitro benzene ring substituents is 1. The summed E-state index contributed by atoms with van der Waals surface area (Å²) < 4.78 is 0.717. The zero-order valence-electron chi connectivity index (χ0n) is 10.6. The average molecular weight is 353 g/mol. The van der Waals surface area contributed by atoms with Gasteiger partial charge in [-0.3, -0.25) is 10.1 Å². The molecule has 3 rings (SSSR count). The Hall–Kier alpha value is -1.40. The maximum atomic E-state index is 11.2. The highest BCUT2D eigenvalue weighted by molar-refractivity contribution is 9.10. The van der Waals surface area contributed by atoms with Crippen LogP contribution in [-0.4, -0.2) is 4.92 Å². The zero-order chi connectivity index (χ0) is 14.1. The number of hydrogen-bond donors (Lipinski definition) is 1. The summed E-state index contributed by atoms with van der Waals surface area (Å²) >= 11 is 4.98. The summed E-state index contributed by atoms with van der Waals surface area (Å²) in [5.41, 5.74) is 0.699. The van der Waals surface area contributed by atoms with Gasteiger partial charge in [-0.2, -0.15) is 0 Å². The fraction of sp³-hybridized carbons (Fsp3) is 0.286. The van der Waals surface area contributed by atoms with Gasteiger partial charge in [0.2, 0.25) is 0 Å². The lowest BCUT2D eigenvalue weighted by Crippen LogP contribution is -2.12. The standard InChI is InChI=1S/C14H13BrN2O2S/c15-10-5-6-11(12(8-10)17(18)19)16-14(9-3-4-9)13-2-1-7-20-13/h1-2,5-9,14,16H,3-4H2. The molecule has 1 unspecified atom stereocenters. The van der Waals surface area contributed by atoms with Gasteiger partial charge in [-0.1, -0.05) is 22.0 Å². The van der Waals surface area contributed by atoms with Gasteiger partial charge in [-0.15, -0.1) is 11.3 Å². The van der Waals surface area contributed by atoms with Gasteiger partial charge in [-0.05, 0) is 42.3 Å². The van der Waals surface area contributed by atoms with Crippen molar-refractivity contribution in [2.24, 2.45) is 5.92 Å². The van der Waals surface area contributed by atoms with E-state index < -0.39 is 0 Å². The van der Waals surface area contributed by atoms with Crippen LogP contribution in [0.2, 0.25) is 0 Å². The second kappa shape index (κ2) is 5.54. The largest absolute Gasteiger partial charge is 0.372 e. The lowest BCUT2D eigenvalue weighted by Gasteiger charge is -2.18. The number of nitrogens with one attached hydrogen (secondary N) is 1. The van der Waals surface area contributed by atoms with E-state index in [9.17, 15) is 10.1 Å². The molecule has 1 aromatic carbocycles. The highest BCUT2D eigenvalue weighted by Crippen LogP contribution is 2.45. The van der Waals surface area contributed by atoms with Gasteiger partial charge in [0.1, 0.15) is 5.69 Å². The summed E-state index contributed by atoms with van der Waals surface area (Å²) in [7, 11) is 0. The van der Waals surface area contributed by atoms with Crippen LogP contribution in [0.5, 0.6) is 0 Å². The number of rotatable bonds is 5. The van der Waals surface area contributed by atoms with Gasteiger partial charge in [0.15, 0.2) is 0 Å². The molecule has 1 aliphatic carbocycles. The predicted octanol–water partition coefficient (Wildman–Crippen LogP) is 4.98. The quantitative estimate of drug-likeness (QED) is 0.609. The lowest BCUT2D eigenvalue weighted by molar-refractivity contribution is -0.384. The molecule has 6 heteroatoms. The number of nitrogens with zero attached hydrogens (tertiary/aromatic N) is 1. The normalized spacial score (nSPS) is 15.8. The fourth-order valence-corrected chi connectivity index (χ4v) is 3.48. The minimum Gasteiger partial charge on any atom is -0.372 e. The minimum absolute atomic E-state index is 0.113. The van der Waals surface area contributed by atoms with Crippen molar-refractivity contribution in [1.82, 2.24) is 0 Å². The molecule has 1 aromatic heterocycles. The summed E-state index contributed by atoms with van der Waals surface area (Å²) in [6.45, 7) is 0. The molecule has 1 saturated carbocycles. The highest BCUT2D eigenvalue weighted by atomic mass is 79.9. The Labute approximate surface area is 129 Å². The first-order chi connectivity index (χ1) is 9.65. The second-order valence-corrected chi connectivity index (χ2v) is 6.79. The van der Waals surface area contributed by atoms with Crippen LogP contribution in [0.3, 0.4) is 0 Å². The van der Waals surface area contributed by atoms with Crippen molar-refractivity contribution < 1.29 is 4.92 Å². The van der Waals surface area contributed by atoms with Gasteiger partial charge >= 0.3 is 0 Å². The van der Waals surface area contributed by atoms with Crippen LogP contribution < -0.4 is 5.32 Å². The third-order valence-electron chi connectivity index (χ3n) is 3.41. The predicted molar refractivity (Wildman–Crippen MR) is 84.2 cm³/mol. The summed E-state index contributed by atoms with van der Waals surface area (Å²) in [5, 5.41) is 16.6. The van der Waals surface area contributed by atoms with Crippen LogP contribution in [0, 0.1) is 16.0 Å². The van der Waals surface area contributed by atoms with Gasteiger partial charge < -0.3 is 5.32 Å². The Morgan fingerprint density at radius 1 is 1.40 bits per heavy atom. The van der Waals surface area contributed by atoms with Crippen molar-refractivity contribution in [3.63, 3.8) is 0 Å². The number of halogens is 1. The Morgan fingerprint density at radius 3 is 2.80 bits per heavy atom. The molecule has 1 N–H and O–H groups in total. The van der Waals surface area contributed by atoms with Crippen molar-refractivity contribution >= 4 is 38.6 Å². The van der Waals surface area contributed by atoms with Crippen molar-refractivity contribution in [1.29, 1.82) is 0 Å². The third-order valence-corrected chi connectivity index (χ3v) is 4.86. The molecule has 2 aromatic rings. The van der Waals surface area contributed by atoms with Crippen LogP contribution in [0.1, 0.15) is 23.8 Å². The van der Waals surface area contributed by atoms with E-state index in [2.05, 4.69) is 27.3 Å².